The Morgan fingerprint density at radius 1 is 1.38 bits per heavy atom. The lowest BCUT2D eigenvalue weighted by molar-refractivity contribution is 1.13. The molecule has 0 aliphatic carbocycles. The van der Waals surface area contributed by atoms with Crippen molar-refractivity contribution in [1.82, 2.24) is 0 Å². The van der Waals surface area contributed by atoms with Gasteiger partial charge in [0.2, 0.25) is 0 Å². The zero-order chi connectivity index (χ0) is 9.84. The zero-order valence-electron chi connectivity index (χ0n) is 8.03. The van der Waals surface area contributed by atoms with E-state index < -0.39 is 0 Å². The summed E-state index contributed by atoms with van der Waals surface area (Å²) in [6.07, 6.45) is 0. The maximum absolute atomic E-state index is 10.3. The van der Waals surface area contributed by atoms with Crippen molar-refractivity contribution in [1.29, 1.82) is 0 Å². The van der Waals surface area contributed by atoms with Crippen LogP contribution in [0.5, 0.6) is 0 Å². The lowest BCUT2D eigenvalue weighted by Crippen LogP contribution is -2.10. The average Bonchev–Trinajstić information content (AvgIpc) is 2.16. The van der Waals surface area contributed by atoms with E-state index in [0.717, 1.165) is 11.4 Å². The first-order valence-corrected chi connectivity index (χ1v) is 4.01. The van der Waals surface area contributed by atoms with Crippen LogP contribution in [0.25, 0.3) is 0 Å². The Labute approximate surface area is 77.5 Å². The molecule has 0 fully saturated rings. The van der Waals surface area contributed by atoms with Gasteiger partial charge in [-0.1, -0.05) is 0 Å². The number of nitroso groups, excluding NO2 is 1. The average molecular weight is 179 g/mol. The van der Waals surface area contributed by atoms with Crippen molar-refractivity contribution in [3.05, 3.63) is 23.1 Å². The summed E-state index contributed by atoms with van der Waals surface area (Å²) in [5.41, 5.74) is 2.38. The van der Waals surface area contributed by atoms with E-state index in [1.54, 1.807) is 12.1 Å². The Morgan fingerprint density at radius 3 is 2.54 bits per heavy atom. The van der Waals surface area contributed by atoms with E-state index >= 15 is 0 Å². The molecule has 0 aliphatic heterocycles. The summed E-state index contributed by atoms with van der Waals surface area (Å²) in [5.74, 6) is 0. The van der Waals surface area contributed by atoms with Gasteiger partial charge < -0.3 is 10.2 Å². The zero-order valence-corrected chi connectivity index (χ0v) is 8.03. The van der Waals surface area contributed by atoms with E-state index in [1.165, 1.54) is 0 Å². The minimum atomic E-state index is 0.440. The standard InChI is InChI=1S/C9H13N3O/c1-10-8-6-7(11-13)4-5-9(8)12(2)3/h4-6,10H,1-3H3. The number of nitrogens with zero attached hydrogens (tertiary/aromatic N) is 2. The monoisotopic (exact) mass is 179 g/mol. The quantitative estimate of drug-likeness (QED) is 0.723. The van der Waals surface area contributed by atoms with Crippen molar-refractivity contribution < 1.29 is 0 Å². The van der Waals surface area contributed by atoms with Crippen LogP contribution < -0.4 is 10.2 Å². The maximum atomic E-state index is 10.3. The fraction of sp³-hybridized carbons (Fsp3) is 0.333. The highest BCUT2D eigenvalue weighted by molar-refractivity contribution is 5.73. The van der Waals surface area contributed by atoms with Gasteiger partial charge in [0.25, 0.3) is 0 Å². The summed E-state index contributed by atoms with van der Waals surface area (Å²) < 4.78 is 0. The third kappa shape index (κ3) is 1.96. The Morgan fingerprint density at radius 2 is 2.08 bits per heavy atom. The summed E-state index contributed by atoms with van der Waals surface area (Å²) in [6, 6.07) is 5.29. The van der Waals surface area contributed by atoms with E-state index in [1.807, 2.05) is 32.1 Å². The first kappa shape index (κ1) is 9.51. The highest BCUT2D eigenvalue weighted by Crippen LogP contribution is 2.28. The van der Waals surface area contributed by atoms with Crippen LogP contribution >= 0.6 is 0 Å². The van der Waals surface area contributed by atoms with E-state index in [4.69, 9.17) is 0 Å². The molecular formula is C9H13N3O. The Hall–Kier alpha value is -1.58. The van der Waals surface area contributed by atoms with E-state index in [9.17, 15) is 4.91 Å². The van der Waals surface area contributed by atoms with Crippen molar-refractivity contribution in [2.75, 3.05) is 31.4 Å². The molecule has 1 aromatic carbocycles. The highest BCUT2D eigenvalue weighted by atomic mass is 16.3. The van der Waals surface area contributed by atoms with Gasteiger partial charge in [0, 0.05) is 21.1 Å². The van der Waals surface area contributed by atoms with Crippen LogP contribution in [0.4, 0.5) is 17.1 Å². The van der Waals surface area contributed by atoms with Crippen LogP contribution in [0.2, 0.25) is 0 Å². The van der Waals surface area contributed by atoms with Crippen LogP contribution in [0.15, 0.2) is 23.4 Å². The first-order valence-electron chi connectivity index (χ1n) is 4.01. The maximum Gasteiger partial charge on any atom is 0.110 e. The molecule has 0 unspecified atom stereocenters. The predicted molar refractivity (Wildman–Crippen MR) is 55.8 cm³/mol. The van der Waals surface area contributed by atoms with Crippen molar-refractivity contribution in [2.24, 2.45) is 5.18 Å². The number of hydrogen-bond acceptors (Lipinski definition) is 4. The highest BCUT2D eigenvalue weighted by Gasteiger charge is 2.03. The van der Waals surface area contributed by atoms with Crippen molar-refractivity contribution in [2.45, 2.75) is 0 Å². The fourth-order valence-corrected chi connectivity index (χ4v) is 1.17. The van der Waals surface area contributed by atoms with E-state index in [-0.39, 0.29) is 0 Å². The second-order valence-electron chi connectivity index (χ2n) is 2.94. The molecule has 4 nitrogen and oxygen atoms in total. The van der Waals surface area contributed by atoms with E-state index in [2.05, 4.69) is 10.5 Å². The molecule has 0 aromatic heterocycles. The van der Waals surface area contributed by atoms with Crippen molar-refractivity contribution in [3.63, 3.8) is 0 Å². The number of hydrogen-bond donors (Lipinski definition) is 1. The lowest BCUT2D eigenvalue weighted by atomic mass is 10.2. The molecule has 0 bridgehead atoms. The van der Waals surface area contributed by atoms with Gasteiger partial charge in [-0.25, -0.2) is 0 Å². The molecule has 0 saturated carbocycles. The SMILES string of the molecule is CNc1cc(N=O)ccc1N(C)C. The van der Waals surface area contributed by atoms with Gasteiger partial charge in [-0.3, -0.25) is 0 Å². The molecule has 1 rings (SSSR count). The topological polar surface area (TPSA) is 44.7 Å². The van der Waals surface area contributed by atoms with E-state index in [0.29, 0.717) is 5.69 Å². The van der Waals surface area contributed by atoms with Crippen LogP contribution in [-0.2, 0) is 0 Å². The minimum Gasteiger partial charge on any atom is -0.386 e. The molecule has 0 amide bonds. The largest absolute Gasteiger partial charge is 0.386 e. The predicted octanol–water partition coefficient (Wildman–Crippen LogP) is 2.19. The Balaban J connectivity index is 3.15. The van der Waals surface area contributed by atoms with Crippen LogP contribution in [0, 0.1) is 4.91 Å². The normalized spacial score (nSPS) is 9.46. The van der Waals surface area contributed by atoms with Gasteiger partial charge in [-0.05, 0) is 23.4 Å². The molecule has 0 saturated heterocycles. The van der Waals surface area contributed by atoms with Crippen LogP contribution in [-0.4, -0.2) is 21.1 Å². The van der Waals surface area contributed by atoms with Gasteiger partial charge in [-0.2, -0.15) is 0 Å². The second-order valence-corrected chi connectivity index (χ2v) is 2.94. The fourth-order valence-electron chi connectivity index (χ4n) is 1.17. The lowest BCUT2D eigenvalue weighted by Gasteiger charge is -2.16. The number of benzene rings is 1. The Bertz CT molecular complexity index is 310. The summed E-state index contributed by atoms with van der Waals surface area (Å²) in [7, 11) is 5.71. The van der Waals surface area contributed by atoms with Crippen LogP contribution in [0.3, 0.4) is 0 Å². The molecule has 0 aliphatic rings. The molecule has 1 N–H and O–H groups in total. The minimum absolute atomic E-state index is 0.440. The van der Waals surface area contributed by atoms with Gasteiger partial charge in [0.15, 0.2) is 0 Å². The summed E-state index contributed by atoms with van der Waals surface area (Å²) in [4.78, 5) is 12.2. The molecule has 4 heteroatoms. The molecule has 1 aromatic rings. The van der Waals surface area contributed by atoms with Crippen molar-refractivity contribution in [3.8, 4) is 0 Å². The second kappa shape index (κ2) is 3.89. The van der Waals surface area contributed by atoms with Crippen molar-refractivity contribution >= 4 is 17.1 Å². The molecule has 13 heavy (non-hydrogen) atoms. The molecule has 0 spiro atoms. The molecule has 0 atom stereocenters. The third-order valence-electron chi connectivity index (χ3n) is 1.84. The molecule has 0 heterocycles. The molecule has 0 radical (unpaired) electrons. The van der Waals surface area contributed by atoms with Gasteiger partial charge >= 0.3 is 0 Å². The number of nitrogens with one attached hydrogen (secondary N) is 1. The summed E-state index contributed by atoms with van der Waals surface area (Å²) in [5, 5.41) is 5.88. The van der Waals surface area contributed by atoms with Gasteiger partial charge in [0.05, 0.1) is 11.4 Å². The van der Waals surface area contributed by atoms with Gasteiger partial charge in [-0.15, -0.1) is 4.91 Å². The molecule has 70 valence electrons. The smallest absolute Gasteiger partial charge is 0.110 e. The number of rotatable bonds is 3. The number of anilines is 2. The third-order valence-corrected chi connectivity index (χ3v) is 1.84. The summed E-state index contributed by atoms with van der Waals surface area (Å²) >= 11 is 0. The Kier molecular flexibility index (Phi) is 2.84. The van der Waals surface area contributed by atoms with Gasteiger partial charge in [0.1, 0.15) is 5.69 Å². The first-order chi connectivity index (χ1) is 6.19. The van der Waals surface area contributed by atoms with Crippen LogP contribution in [0.1, 0.15) is 0 Å². The molecular weight excluding hydrogens is 166 g/mol. The summed E-state index contributed by atoms with van der Waals surface area (Å²) in [6.45, 7) is 0.